The van der Waals surface area contributed by atoms with Crippen LogP contribution in [0.15, 0.2) is 28.3 Å². The minimum atomic E-state index is -3.76. The summed E-state index contributed by atoms with van der Waals surface area (Å²) >= 11 is 0.798. The summed E-state index contributed by atoms with van der Waals surface area (Å²) in [6, 6.07) is 4.56. The highest BCUT2D eigenvalue weighted by atomic mass is 32.2. The van der Waals surface area contributed by atoms with Gasteiger partial charge < -0.3 is 9.30 Å². The van der Waals surface area contributed by atoms with Gasteiger partial charge in [0.2, 0.25) is 15.8 Å². The molecule has 4 rings (SSSR count). The van der Waals surface area contributed by atoms with Crippen molar-refractivity contribution in [2.45, 2.75) is 55.5 Å². The molecule has 1 atom stereocenters. The molecule has 0 N–H and O–H groups in total. The van der Waals surface area contributed by atoms with Crippen LogP contribution in [0.1, 0.15) is 38.7 Å². The lowest BCUT2D eigenvalue weighted by Gasteiger charge is -2.30. The maximum absolute atomic E-state index is 14.2. The summed E-state index contributed by atoms with van der Waals surface area (Å²) in [5, 5.41) is 0.251. The predicted molar refractivity (Wildman–Crippen MR) is 134 cm³/mol. The molecule has 2 aromatic carbocycles. The van der Waals surface area contributed by atoms with Gasteiger partial charge in [-0.1, -0.05) is 18.7 Å². The van der Waals surface area contributed by atoms with Crippen LogP contribution in [0, 0.1) is 35.0 Å². The zero-order valence-corrected chi connectivity index (χ0v) is 22.6. The molecule has 0 saturated carbocycles. The summed E-state index contributed by atoms with van der Waals surface area (Å²) < 4.78 is 104. The van der Waals surface area contributed by atoms with Crippen molar-refractivity contribution in [3.63, 3.8) is 0 Å². The quantitative estimate of drug-likeness (QED) is 0.0992. The normalized spacial score (nSPS) is 17.0. The molecular formula is C25H28F5N3O3S2. The first kappa shape index (κ1) is 28.8. The van der Waals surface area contributed by atoms with Crippen LogP contribution in [0.4, 0.5) is 22.0 Å². The van der Waals surface area contributed by atoms with Gasteiger partial charge in [-0.15, -0.1) is 0 Å². The standard InChI is InChI=1S/C25H28F5N3O3S2/c1-3-36-11-5-10-33-19-8-7-16(38(34,35)32-9-4-6-15(2)13-32)12-18(19)31-25(33)37-14-17-20(26)22(28)24(30)23(29)21(17)27/h7-8,12,15H,3-6,9-11,13-14H2,1-2H3. The number of hydrogen-bond acceptors (Lipinski definition) is 5. The van der Waals surface area contributed by atoms with Gasteiger partial charge in [-0.25, -0.2) is 35.4 Å². The molecule has 208 valence electrons. The van der Waals surface area contributed by atoms with Crippen LogP contribution in [0.2, 0.25) is 0 Å². The number of hydrogen-bond donors (Lipinski definition) is 0. The average molecular weight is 578 g/mol. The van der Waals surface area contributed by atoms with Gasteiger partial charge in [0.1, 0.15) is 0 Å². The number of rotatable bonds is 10. The number of piperidine rings is 1. The molecule has 1 aliphatic rings. The second-order valence-electron chi connectivity index (χ2n) is 9.19. The lowest BCUT2D eigenvalue weighted by molar-refractivity contribution is 0.141. The van der Waals surface area contributed by atoms with Gasteiger partial charge in [0.05, 0.1) is 15.9 Å². The molecule has 0 spiro atoms. The number of ether oxygens (including phenoxy) is 1. The lowest BCUT2D eigenvalue weighted by atomic mass is 10.0. The van der Waals surface area contributed by atoms with Gasteiger partial charge in [0, 0.05) is 44.2 Å². The molecule has 1 aromatic heterocycles. The Morgan fingerprint density at radius 1 is 1.08 bits per heavy atom. The zero-order chi connectivity index (χ0) is 27.6. The molecule has 1 fully saturated rings. The van der Waals surface area contributed by atoms with E-state index in [1.54, 1.807) is 10.6 Å². The summed E-state index contributed by atoms with van der Waals surface area (Å²) in [5.74, 6) is -10.3. The molecule has 0 amide bonds. The fourth-order valence-electron chi connectivity index (χ4n) is 4.47. The van der Waals surface area contributed by atoms with Gasteiger partial charge in [0.15, 0.2) is 28.4 Å². The van der Waals surface area contributed by atoms with E-state index >= 15 is 0 Å². The SMILES string of the molecule is CCOCCCn1c(SCc2c(F)c(F)c(F)c(F)c2F)nc2cc(S(=O)(=O)N3CCCC(C)C3)ccc21. The monoisotopic (exact) mass is 577 g/mol. The molecule has 3 aromatic rings. The minimum absolute atomic E-state index is 0.0781. The number of aryl methyl sites for hydroxylation is 1. The molecule has 0 radical (unpaired) electrons. The number of thioether (sulfide) groups is 1. The molecule has 1 aliphatic heterocycles. The first-order chi connectivity index (χ1) is 18.1. The summed E-state index contributed by atoms with van der Waals surface area (Å²) in [6.45, 7) is 6.03. The van der Waals surface area contributed by atoms with Gasteiger partial charge in [-0.3, -0.25) is 0 Å². The minimum Gasteiger partial charge on any atom is -0.382 e. The molecule has 38 heavy (non-hydrogen) atoms. The summed E-state index contributed by atoms with van der Waals surface area (Å²) in [7, 11) is -3.76. The van der Waals surface area contributed by atoms with Gasteiger partial charge >= 0.3 is 0 Å². The van der Waals surface area contributed by atoms with Gasteiger partial charge in [-0.2, -0.15) is 4.31 Å². The van der Waals surface area contributed by atoms with E-state index in [-0.39, 0.29) is 16.0 Å². The maximum atomic E-state index is 14.2. The predicted octanol–water partition coefficient (Wildman–Crippen LogP) is 5.87. The van der Waals surface area contributed by atoms with Crippen molar-refractivity contribution in [2.75, 3.05) is 26.3 Å². The fraction of sp³-hybridized carbons (Fsp3) is 0.480. The van der Waals surface area contributed by atoms with Crippen molar-refractivity contribution in [3.05, 3.63) is 52.8 Å². The van der Waals surface area contributed by atoms with Crippen molar-refractivity contribution < 1.29 is 35.1 Å². The molecule has 0 bridgehead atoms. The molecule has 1 unspecified atom stereocenters. The first-order valence-corrected chi connectivity index (χ1v) is 14.7. The number of aromatic nitrogens is 2. The number of halogens is 5. The Morgan fingerprint density at radius 3 is 2.42 bits per heavy atom. The highest BCUT2D eigenvalue weighted by molar-refractivity contribution is 7.98. The smallest absolute Gasteiger partial charge is 0.243 e. The number of benzene rings is 2. The van der Waals surface area contributed by atoms with E-state index < -0.39 is 50.4 Å². The Balaban J connectivity index is 1.68. The lowest BCUT2D eigenvalue weighted by Crippen LogP contribution is -2.39. The van der Waals surface area contributed by atoms with Crippen molar-refractivity contribution in [1.29, 1.82) is 0 Å². The van der Waals surface area contributed by atoms with E-state index in [9.17, 15) is 30.4 Å². The summed E-state index contributed by atoms with van der Waals surface area (Å²) in [6.07, 6.45) is 2.29. The number of fused-ring (bicyclic) bond motifs is 1. The Hall–Kier alpha value is -2.22. The molecule has 2 heterocycles. The van der Waals surface area contributed by atoms with Crippen LogP contribution in [-0.2, 0) is 27.1 Å². The highest BCUT2D eigenvalue weighted by Crippen LogP contribution is 2.33. The molecular weight excluding hydrogens is 549 g/mol. The van der Waals surface area contributed by atoms with Crippen molar-refractivity contribution >= 4 is 32.8 Å². The molecule has 0 aliphatic carbocycles. The second kappa shape index (κ2) is 11.9. The Morgan fingerprint density at radius 2 is 1.76 bits per heavy atom. The average Bonchev–Trinajstić information content (AvgIpc) is 3.25. The first-order valence-electron chi connectivity index (χ1n) is 12.3. The van der Waals surface area contributed by atoms with Gasteiger partial charge in [0.25, 0.3) is 0 Å². The Bertz CT molecular complexity index is 1400. The fourth-order valence-corrected chi connectivity index (χ4v) is 7.12. The third kappa shape index (κ3) is 5.70. The van der Waals surface area contributed by atoms with E-state index in [1.165, 1.54) is 16.4 Å². The molecule has 13 heteroatoms. The van der Waals surface area contributed by atoms with Crippen LogP contribution in [0.25, 0.3) is 11.0 Å². The highest BCUT2D eigenvalue weighted by Gasteiger charge is 2.30. The van der Waals surface area contributed by atoms with Crippen molar-refractivity contribution in [3.8, 4) is 0 Å². The third-order valence-electron chi connectivity index (χ3n) is 6.46. The second-order valence-corrected chi connectivity index (χ2v) is 12.1. The van der Waals surface area contributed by atoms with Crippen LogP contribution in [0.5, 0.6) is 0 Å². The zero-order valence-electron chi connectivity index (χ0n) is 20.9. The van der Waals surface area contributed by atoms with Gasteiger partial charge in [-0.05, 0) is 50.3 Å². The maximum Gasteiger partial charge on any atom is 0.243 e. The molecule has 6 nitrogen and oxygen atoms in total. The largest absolute Gasteiger partial charge is 0.382 e. The van der Waals surface area contributed by atoms with Crippen LogP contribution in [-0.4, -0.2) is 48.6 Å². The van der Waals surface area contributed by atoms with E-state index in [2.05, 4.69) is 4.98 Å². The van der Waals surface area contributed by atoms with E-state index in [0.717, 1.165) is 24.6 Å². The number of sulfonamides is 1. The van der Waals surface area contributed by atoms with E-state index in [4.69, 9.17) is 4.74 Å². The van der Waals surface area contributed by atoms with Crippen LogP contribution in [0.3, 0.4) is 0 Å². The van der Waals surface area contributed by atoms with Crippen LogP contribution >= 0.6 is 11.8 Å². The Labute approximate surface area is 222 Å². The Kier molecular flexibility index (Phi) is 9.00. The van der Waals surface area contributed by atoms with E-state index in [1.807, 2.05) is 13.8 Å². The van der Waals surface area contributed by atoms with Crippen molar-refractivity contribution in [2.24, 2.45) is 5.92 Å². The van der Waals surface area contributed by atoms with Crippen LogP contribution < -0.4 is 0 Å². The topological polar surface area (TPSA) is 64.4 Å². The number of imidazole rings is 1. The van der Waals surface area contributed by atoms with E-state index in [0.29, 0.717) is 50.3 Å². The molecule has 1 saturated heterocycles. The van der Waals surface area contributed by atoms with Crippen molar-refractivity contribution in [1.82, 2.24) is 13.9 Å². The number of nitrogens with zero attached hydrogens (tertiary/aromatic N) is 3. The third-order valence-corrected chi connectivity index (χ3v) is 9.33. The summed E-state index contributed by atoms with van der Waals surface area (Å²) in [4.78, 5) is 4.56. The summed E-state index contributed by atoms with van der Waals surface area (Å²) in [5.41, 5.74) is -0.0402.